The van der Waals surface area contributed by atoms with E-state index in [1.165, 1.54) is 12.1 Å². The lowest BCUT2D eigenvalue weighted by atomic mass is 10.1. The van der Waals surface area contributed by atoms with Gasteiger partial charge in [0.25, 0.3) is 5.91 Å². The van der Waals surface area contributed by atoms with Crippen molar-refractivity contribution in [2.75, 3.05) is 18.4 Å². The summed E-state index contributed by atoms with van der Waals surface area (Å²) in [5.74, 6) is -1.11. The van der Waals surface area contributed by atoms with Crippen LogP contribution in [-0.2, 0) is 4.79 Å². The Balaban J connectivity index is 2.76. The van der Waals surface area contributed by atoms with E-state index in [9.17, 15) is 22.8 Å². The Morgan fingerprint density at radius 2 is 1.95 bits per heavy atom. The van der Waals surface area contributed by atoms with Crippen molar-refractivity contribution in [3.8, 4) is 0 Å². The molecule has 0 aliphatic rings. The number of benzene rings is 1. The number of nitrogens with one attached hydrogen (secondary N) is 2. The van der Waals surface area contributed by atoms with Crippen LogP contribution in [0.15, 0.2) is 18.2 Å². The average Bonchev–Trinajstić information content (AvgIpc) is 2.44. The maximum atomic E-state index is 12.1. The van der Waals surface area contributed by atoms with Crippen LogP contribution in [0.1, 0.15) is 28.8 Å². The van der Waals surface area contributed by atoms with E-state index < -0.39 is 18.6 Å². The number of amides is 2. The topological polar surface area (TPSA) is 84.2 Å². The van der Waals surface area contributed by atoms with Crippen molar-refractivity contribution in [1.82, 2.24) is 5.32 Å². The number of hydrogen-bond donors (Lipinski definition) is 3. The molecule has 0 heterocycles. The molecule has 1 rings (SSSR count). The number of aryl methyl sites for hydroxylation is 1. The zero-order valence-electron chi connectivity index (χ0n) is 12.1. The molecule has 8 heteroatoms. The largest absolute Gasteiger partial charge is 0.405 e. The van der Waals surface area contributed by atoms with Crippen molar-refractivity contribution in [2.24, 2.45) is 5.73 Å². The summed E-state index contributed by atoms with van der Waals surface area (Å²) in [4.78, 5) is 23.3. The third kappa shape index (κ3) is 6.13. The van der Waals surface area contributed by atoms with E-state index in [1.54, 1.807) is 18.3 Å². The van der Waals surface area contributed by atoms with Gasteiger partial charge in [0.05, 0.1) is 0 Å². The highest BCUT2D eigenvalue weighted by molar-refractivity contribution is 5.97. The summed E-state index contributed by atoms with van der Waals surface area (Å²) in [7, 11) is 0. The van der Waals surface area contributed by atoms with Gasteiger partial charge in [-0.15, -0.1) is 0 Å². The number of carbonyl (C=O) groups is 2. The van der Waals surface area contributed by atoms with Gasteiger partial charge in [-0.3, -0.25) is 9.59 Å². The molecule has 2 amide bonds. The van der Waals surface area contributed by atoms with Gasteiger partial charge in [0.1, 0.15) is 6.54 Å². The first-order valence-corrected chi connectivity index (χ1v) is 6.68. The van der Waals surface area contributed by atoms with Gasteiger partial charge in [-0.1, -0.05) is 6.07 Å². The summed E-state index contributed by atoms with van der Waals surface area (Å²) in [6, 6.07) is 4.30. The fraction of sp³-hybridized carbons (Fsp3) is 0.429. The summed E-state index contributed by atoms with van der Waals surface area (Å²) >= 11 is 0. The lowest BCUT2D eigenvalue weighted by molar-refractivity contribution is -0.123. The molecule has 0 aliphatic carbocycles. The highest BCUT2D eigenvalue weighted by atomic mass is 19.4. The molecule has 4 N–H and O–H groups in total. The second-order valence-electron chi connectivity index (χ2n) is 4.77. The summed E-state index contributed by atoms with van der Waals surface area (Å²) in [5.41, 5.74) is 6.45. The van der Waals surface area contributed by atoms with Gasteiger partial charge in [0.15, 0.2) is 0 Å². The Labute approximate surface area is 126 Å². The lowest BCUT2D eigenvalue weighted by Gasteiger charge is -2.12. The first kappa shape index (κ1) is 18.0. The van der Waals surface area contributed by atoms with E-state index in [-0.39, 0.29) is 17.9 Å². The molecule has 0 atom stereocenters. The fourth-order valence-electron chi connectivity index (χ4n) is 1.66. The first-order valence-electron chi connectivity index (χ1n) is 6.68. The van der Waals surface area contributed by atoms with Crippen LogP contribution in [0.2, 0.25) is 0 Å². The molecular formula is C14H18F3N3O2. The van der Waals surface area contributed by atoms with Crippen molar-refractivity contribution >= 4 is 17.5 Å². The molecule has 0 bridgehead atoms. The molecule has 1 aromatic carbocycles. The number of hydrogen-bond acceptors (Lipinski definition) is 3. The van der Waals surface area contributed by atoms with Crippen LogP contribution in [0.4, 0.5) is 18.9 Å². The number of nitrogens with two attached hydrogens (primary N) is 1. The number of anilines is 1. The number of alkyl halides is 3. The van der Waals surface area contributed by atoms with Gasteiger partial charge in [-0.05, 0) is 37.6 Å². The smallest absolute Gasteiger partial charge is 0.343 e. The molecule has 0 aromatic heterocycles. The number of halogens is 3. The maximum Gasteiger partial charge on any atom is 0.405 e. The zero-order valence-corrected chi connectivity index (χ0v) is 12.1. The summed E-state index contributed by atoms with van der Waals surface area (Å²) in [6.45, 7) is 0.695. The Morgan fingerprint density at radius 1 is 1.27 bits per heavy atom. The van der Waals surface area contributed by atoms with E-state index in [1.807, 2.05) is 0 Å². The van der Waals surface area contributed by atoms with Crippen LogP contribution in [0.5, 0.6) is 0 Å². The quantitative estimate of drug-likeness (QED) is 0.750. The summed E-state index contributed by atoms with van der Waals surface area (Å²) in [5, 5.41) is 4.40. The molecule has 0 radical (unpaired) electrons. The highest BCUT2D eigenvalue weighted by Gasteiger charge is 2.28. The fourth-order valence-corrected chi connectivity index (χ4v) is 1.66. The first-order chi connectivity index (χ1) is 10.2. The van der Waals surface area contributed by atoms with Crippen molar-refractivity contribution in [3.05, 3.63) is 29.3 Å². The lowest BCUT2D eigenvalue weighted by Crippen LogP contribution is -2.33. The van der Waals surface area contributed by atoms with Crippen molar-refractivity contribution in [3.63, 3.8) is 0 Å². The molecular weight excluding hydrogens is 299 g/mol. The van der Waals surface area contributed by atoms with Gasteiger partial charge in [-0.25, -0.2) is 0 Å². The van der Waals surface area contributed by atoms with Gasteiger partial charge < -0.3 is 16.4 Å². The number of rotatable bonds is 6. The molecule has 0 saturated heterocycles. The molecule has 0 saturated carbocycles. The third-order valence-corrected chi connectivity index (χ3v) is 2.83. The standard InChI is InChI=1S/C14H18F3N3O2/c1-9-4-5-10(13(22)19-8-14(15,16)17)7-11(9)20-12(21)3-2-6-18/h4-5,7H,2-3,6,8,18H2,1H3,(H,19,22)(H,20,21). The van der Waals surface area contributed by atoms with Crippen LogP contribution < -0.4 is 16.4 Å². The Kier molecular flexibility index (Phi) is 6.36. The minimum Gasteiger partial charge on any atom is -0.343 e. The van der Waals surface area contributed by atoms with Crippen molar-refractivity contribution < 1.29 is 22.8 Å². The van der Waals surface area contributed by atoms with Gasteiger partial charge in [0.2, 0.25) is 5.91 Å². The SMILES string of the molecule is Cc1ccc(C(=O)NCC(F)(F)F)cc1NC(=O)CCCN. The zero-order chi connectivity index (χ0) is 16.8. The number of carbonyl (C=O) groups excluding carboxylic acids is 2. The van der Waals surface area contributed by atoms with E-state index in [0.29, 0.717) is 24.2 Å². The molecule has 0 unspecified atom stereocenters. The van der Waals surface area contributed by atoms with Crippen LogP contribution in [-0.4, -0.2) is 31.1 Å². The van der Waals surface area contributed by atoms with Gasteiger partial charge in [0, 0.05) is 17.7 Å². The van der Waals surface area contributed by atoms with Crippen LogP contribution in [0, 0.1) is 6.92 Å². The van der Waals surface area contributed by atoms with Gasteiger partial charge in [-0.2, -0.15) is 13.2 Å². The van der Waals surface area contributed by atoms with E-state index >= 15 is 0 Å². The van der Waals surface area contributed by atoms with E-state index in [0.717, 1.165) is 0 Å². The Bertz CT molecular complexity index is 545. The predicted molar refractivity (Wildman–Crippen MR) is 76.5 cm³/mol. The molecule has 122 valence electrons. The average molecular weight is 317 g/mol. The summed E-state index contributed by atoms with van der Waals surface area (Å²) < 4.78 is 36.3. The van der Waals surface area contributed by atoms with Crippen molar-refractivity contribution in [2.45, 2.75) is 25.9 Å². The second kappa shape index (κ2) is 7.79. The Hall–Kier alpha value is -2.09. The minimum absolute atomic E-state index is 0.0453. The molecule has 22 heavy (non-hydrogen) atoms. The predicted octanol–water partition coefficient (Wildman–Crippen LogP) is 1.96. The van der Waals surface area contributed by atoms with E-state index in [4.69, 9.17) is 5.73 Å². The van der Waals surface area contributed by atoms with Crippen LogP contribution in [0.3, 0.4) is 0 Å². The van der Waals surface area contributed by atoms with Gasteiger partial charge >= 0.3 is 6.18 Å². The molecule has 0 fully saturated rings. The Morgan fingerprint density at radius 3 is 2.55 bits per heavy atom. The molecule has 0 aliphatic heterocycles. The van der Waals surface area contributed by atoms with Crippen LogP contribution in [0.25, 0.3) is 0 Å². The molecule has 1 aromatic rings. The summed E-state index contributed by atoms with van der Waals surface area (Å²) in [6.07, 6.45) is -3.71. The second-order valence-corrected chi connectivity index (χ2v) is 4.77. The van der Waals surface area contributed by atoms with E-state index in [2.05, 4.69) is 5.32 Å². The third-order valence-electron chi connectivity index (χ3n) is 2.83. The molecule has 0 spiro atoms. The molecule has 5 nitrogen and oxygen atoms in total. The highest BCUT2D eigenvalue weighted by Crippen LogP contribution is 2.18. The van der Waals surface area contributed by atoms with Crippen LogP contribution >= 0.6 is 0 Å². The normalized spacial score (nSPS) is 11.1. The minimum atomic E-state index is -4.47. The monoisotopic (exact) mass is 317 g/mol. The van der Waals surface area contributed by atoms with Crippen molar-refractivity contribution in [1.29, 1.82) is 0 Å². The maximum absolute atomic E-state index is 12.1.